The first kappa shape index (κ1) is 18.8. The number of hydrogen-bond donors (Lipinski definition) is 3. The van der Waals surface area contributed by atoms with Gasteiger partial charge in [-0.05, 0) is 24.3 Å². The van der Waals surface area contributed by atoms with Crippen molar-refractivity contribution in [2.24, 2.45) is 0 Å². The Bertz CT molecular complexity index is 1150. The van der Waals surface area contributed by atoms with E-state index >= 15 is 0 Å². The number of aromatic nitrogens is 2. The average Bonchev–Trinajstić information content (AvgIpc) is 2.98. The summed E-state index contributed by atoms with van der Waals surface area (Å²) in [6.45, 7) is 0. The lowest BCUT2D eigenvalue weighted by atomic mass is 10.2. The number of carbonyl (C=O) groups is 1. The number of H-pyrrole nitrogens is 2. The molecular formula is C17H15N5O3S2. The Morgan fingerprint density at radius 1 is 1.26 bits per heavy atom. The largest absolute Gasteiger partial charge is 0.378 e. The third-order valence-electron chi connectivity index (χ3n) is 3.66. The summed E-state index contributed by atoms with van der Waals surface area (Å²) in [6, 6.07) is 9.40. The number of hydrogen-bond acceptors (Lipinski definition) is 7. The molecule has 0 radical (unpaired) electrons. The summed E-state index contributed by atoms with van der Waals surface area (Å²) in [4.78, 5) is 42.0. The van der Waals surface area contributed by atoms with E-state index in [1.165, 1.54) is 0 Å². The van der Waals surface area contributed by atoms with E-state index in [0.717, 1.165) is 28.8 Å². The molecule has 2 heterocycles. The second-order valence-corrected chi connectivity index (χ2v) is 8.03. The fourth-order valence-electron chi connectivity index (χ4n) is 2.37. The summed E-state index contributed by atoms with van der Waals surface area (Å²) in [5.41, 5.74) is 0.879. The third kappa shape index (κ3) is 4.05. The summed E-state index contributed by atoms with van der Waals surface area (Å²) in [7, 11) is 3.86. The van der Waals surface area contributed by atoms with Gasteiger partial charge in [0.05, 0.1) is 15.5 Å². The molecule has 0 fully saturated rings. The molecule has 0 spiro atoms. The van der Waals surface area contributed by atoms with Crippen LogP contribution < -0.4 is 21.5 Å². The Hall–Kier alpha value is -3.03. The van der Waals surface area contributed by atoms with Crippen molar-refractivity contribution < 1.29 is 4.79 Å². The van der Waals surface area contributed by atoms with Crippen LogP contribution in [0.2, 0.25) is 0 Å². The summed E-state index contributed by atoms with van der Waals surface area (Å²) < 4.78 is 0.770. The van der Waals surface area contributed by atoms with Gasteiger partial charge in [0.25, 0.3) is 5.56 Å². The van der Waals surface area contributed by atoms with E-state index < -0.39 is 11.2 Å². The number of fused-ring (bicyclic) bond motifs is 1. The lowest BCUT2D eigenvalue weighted by Gasteiger charge is -2.13. The molecule has 0 unspecified atom stereocenters. The number of anilines is 2. The van der Waals surface area contributed by atoms with Gasteiger partial charge < -0.3 is 15.2 Å². The number of benzene rings is 1. The monoisotopic (exact) mass is 401 g/mol. The van der Waals surface area contributed by atoms with Crippen molar-refractivity contribution in [3.8, 4) is 6.07 Å². The minimum absolute atomic E-state index is 0.0685. The highest BCUT2D eigenvalue weighted by atomic mass is 32.2. The highest BCUT2D eigenvalue weighted by Crippen LogP contribution is 2.34. The highest BCUT2D eigenvalue weighted by Gasteiger charge is 2.17. The van der Waals surface area contributed by atoms with Gasteiger partial charge in [0, 0.05) is 25.5 Å². The van der Waals surface area contributed by atoms with Crippen LogP contribution in [0.15, 0.2) is 38.1 Å². The maximum Gasteiger partial charge on any atom is 0.326 e. The summed E-state index contributed by atoms with van der Waals surface area (Å²) in [6.07, 6.45) is 0. The number of thioether (sulfide) groups is 1. The van der Waals surface area contributed by atoms with Crippen LogP contribution in [0.4, 0.5) is 11.4 Å². The Balaban J connectivity index is 1.74. The molecule has 3 N–H and O–H groups in total. The molecule has 0 aliphatic carbocycles. The molecule has 3 rings (SSSR count). The summed E-state index contributed by atoms with van der Waals surface area (Å²) in [5, 5.41) is 12.2. The van der Waals surface area contributed by atoms with Gasteiger partial charge >= 0.3 is 5.69 Å². The van der Waals surface area contributed by atoms with E-state index in [-0.39, 0.29) is 27.4 Å². The zero-order valence-electron chi connectivity index (χ0n) is 14.5. The molecule has 138 valence electrons. The smallest absolute Gasteiger partial charge is 0.326 e. The molecule has 2 aromatic heterocycles. The van der Waals surface area contributed by atoms with Crippen molar-refractivity contribution in [3.05, 3.63) is 50.7 Å². The van der Waals surface area contributed by atoms with Crippen molar-refractivity contribution in [1.82, 2.24) is 9.97 Å². The van der Waals surface area contributed by atoms with Crippen molar-refractivity contribution >= 4 is 50.6 Å². The molecule has 27 heavy (non-hydrogen) atoms. The van der Waals surface area contributed by atoms with E-state index in [0.29, 0.717) is 9.90 Å². The van der Waals surface area contributed by atoms with Crippen LogP contribution in [0.5, 0.6) is 0 Å². The number of amides is 1. The average molecular weight is 401 g/mol. The maximum absolute atomic E-state index is 12.2. The quantitative estimate of drug-likeness (QED) is 0.562. The molecule has 8 nitrogen and oxygen atoms in total. The van der Waals surface area contributed by atoms with E-state index in [1.54, 1.807) is 0 Å². The van der Waals surface area contributed by atoms with E-state index in [2.05, 4.69) is 15.3 Å². The maximum atomic E-state index is 12.2. The van der Waals surface area contributed by atoms with Crippen molar-refractivity contribution in [3.63, 3.8) is 0 Å². The van der Waals surface area contributed by atoms with E-state index in [4.69, 9.17) is 0 Å². The predicted octanol–water partition coefficient (Wildman–Crippen LogP) is 1.95. The Labute approximate surface area is 161 Å². The first-order valence-electron chi connectivity index (χ1n) is 7.78. The van der Waals surface area contributed by atoms with Crippen LogP contribution in [0, 0.1) is 11.3 Å². The van der Waals surface area contributed by atoms with Crippen molar-refractivity contribution in [2.45, 2.75) is 4.21 Å². The number of nitrogens with zero attached hydrogens (tertiary/aromatic N) is 2. The van der Waals surface area contributed by atoms with E-state index in [1.807, 2.05) is 49.3 Å². The van der Waals surface area contributed by atoms with Gasteiger partial charge in [0.2, 0.25) is 5.91 Å². The lowest BCUT2D eigenvalue weighted by molar-refractivity contribution is -0.113. The van der Waals surface area contributed by atoms with Crippen molar-refractivity contribution in [1.29, 1.82) is 5.26 Å². The number of nitrogens with one attached hydrogen (secondary N) is 3. The minimum Gasteiger partial charge on any atom is -0.378 e. The second-order valence-electron chi connectivity index (χ2n) is 5.77. The fraction of sp³-hybridized carbons (Fsp3) is 0.176. The topological polar surface area (TPSA) is 122 Å². The zero-order chi connectivity index (χ0) is 19.6. The fourth-order valence-corrected chi connectivity index (χ4v) is 4.49. The van der Waals surface area contributed by atoms with Gasteiger partial charge in [-0.2, -0.15) is 5.26 Å². The first-order chi connectivity index (χ1) is 12.9. The van der Waals surface area contributed by atoms with Gasteiger partial charge in [0.15, 0.2) is 0 Å². The number of nitriles is 1. The zero-order valence-corrected chi connectivity index (χ0v) is 16.1. The molecule has 0 atom stereocenters. The summed E-state index contributed by atoms with van der Waals surface area (Å²) >= 11 is 2.23. The molecule has 3 aromatic rings. The molecule has 1 aromatic carbocycles. The number of rotatable bonds is 5. The third-order valence-corrected chi connectivity index (χ3v) is 6.12. The predicted molar refractivity (Wildman–Crippen MR) is 108 cm³/mol. The van der Waals surface area contributed by atoms with Crippen LogP contribution in [0.3, 0.4) is 0 Å². The number of aromatic amines is 2. The Kier molecular flexibility index (Phi) is 5.34. The second kappa shape index (κ2) is 7.69. The van der Waals surface area contributed by atoms with Crippen LogP contribution in [0.25, 0.3) is 10.2 Å². The van der Waals surface area contributed by atoms with Crippen LogP contribution in [0.1, 0.15) is 5.56 Å². The molecule has 0 saturated carbocycles. The standard InChI is InChI=1S/C17H15N5O3S2/c1-22(2)10-5-3-9(4-6-10)19-12(23)8-26-16-11(7-18)13-14(27-16)15(24)21-17(25)20-13/h3-6H,8H2,1-2H3,(H,19,23)(H2,20,21,24,25). The normalized spacial score (nSPS) is 10.6. The number of carbonyl (C=O) groups excluding carboxylic acids is 1. The van der Waals surface area contributed by atoms with E-state index in [9.17, 15) is 19.6 Å². The summed E-state index contributed by atoms with van der Waals surface area (Å²) in [5.74, 6) is -0.166. The van der Waals surface area contributed by atoms with Gasteiger partial charge in [0.1, 0.15) is 16.3 Å². The number of thiophene rings is 1. The van der Waals surface area contributed by atoms with Crippen LogP contribution in [-0.2, 0) is 4.79 Å². The molecule has 0 bridgehead atoms. The molecule has 0 saturated heterocycles. The molecule has 10 heteroatoms. The van der Waals surface area contributed by atoms with Crippen LogP contribution >= 0.6 is 23.1 Å². The van der Waals surface area contributed by atoms with Crippen molar-refractivity contribution in [2.75, 3.05) is 30.1 Å². The van der Waals surface area contributed by atoms with Gasteiger partial charge in [-0.3, -0.25) is 14.6 Å². The Morgan fingerprint density at radius 3 is 2.59 bits per heavy atom. The Morgan fingerprint density at radius 2 is 1.96 bits per heavy atom. The molecule has 0 aliphatic rings. The first-order valence-corrected chi connectivity index (χ1v) is 9.58. The van der Waals surface area contributed by atoms with Gasteiger partial charge in [-0.15, -0.1) is 23.1 Å². The highest BCUT2D eigenvalue weighted by molar-refractivity contribution is 8.02. The molecule has 0 aliphatic heterocycles. The SMILES string of the molecule is CN(C)c1ccc(NC(=O)CSc2sc3c(=O)[nH]c(=O)[nH]c3c2C#N)cc1. The minimum atomic E-state index is -0.669. The van der Waals surface area contributed by atoms with Gasteiger partial charge in [-0.25, -0.2) is 4.79 Å². The van der Waals surface area contributed by atoms with Crippen LogP contribution in [-0.4, -0.2) is 35.7 Å². The molecular weight excluding hydrogens is 386 g/mol. The lowest BCUT2D eigenvalue weighted by Crippen LogP contribution is -2.20. The van der Waals surface area contributed by atoms with Gasteiger partial charge in [-0.1, -0.05) is 0 Å². The molecule has 1 amide bonds.